The first-order valence-electron chi connectivity index (χ1n) is 7.92. The third-order valence-electron chi connectivity index (χ3n) is 3.70. The molecular formula is C19H18N4O3. The Bertz CT molecular complexity index is 918. The van der Waals surface area contributed by atoms with Gasteiger partial charge in [-0.3, -0.25) is 9.59 Å². The Kier molecular flexibility index (Phi) is 4.98. The number of methoxy groups -OCH3 is 1. The highest BCUT2D eigenvalue weighted by molar-refractivity contribution is 6.05. The van der Waals surface area contributed by atoms with Crippen LogP contribution in [0.3, 0.4) is 0 Å². The molecule has 7 nitrogen and oxygen atoms in total. The molecule has 0 bridgehead atoms. The second-order valence-corrected chi connectivity index (χ2v) is 5.57. The molecule has 26 heavy (non-hydrogen) atoms. The van der Waals surface area contributed by atoms with Crippen LogP contribution in [0.1, 0.15) is 17.3 Å². The number of hydrogen-bond donors (Lipinski definition) is 2. The fourth-order valence-corrected chi connectivity index (χ4v) is 2.48. The summed E-state index contributed by atoms with van der Waals surface area (Å²) in [6, 6.07) is 12.2. The summed E-state index contributed by atoms with van der Waals surface area (Å²) in [5.41, 5.74) is 2.46. The average molecular weight is 350 g/mol. The largest absolute Gasteiger partial charge is 0.495 e. The first kappa shape index (κ1) is 17.2. The summed E-state index contributed by atoms with van der Waals surface area (Å²) < 4.78 is 7.12. The number of anilines is 2. The molecule has 0 saturated heterocycles. The van der Waals surface area contributed by atoms with Crippen molar-refractivity contribution >= 4 is 23.2 Å². The quantitative estimate of drug-likeness (QED) is 0.740. The predicted octanol–water partition coefficient (Wildman–Crippen LogP) is 3.09. The Balaban J connectivity index is 1.79. The normalized spacial score (nSPS) is 10.2. The van der Waals surface area contributed by atoms with Crippen LogP contribution in [0.15, 0.2) is 61.2 Å². The van der Waals surface area contributed by atoms with Gasteiger partial charge in [0.15, 0.2) is 0 Å². The summed E-state index contributed by atoms with van der Waals surface area (Å²) in [6.07, 6.45) is 5.20. The minimum Gasteiger partial charge on any atom is -0.495 e. The number of aromatic nitrogens is 2. The maximum atomic E-state index is 12.5. The minimum atomic E-state index is -0.277. The maximum Gasteiger partial charge on any atom is 0.255 e. The first-order chi connectivity index (χ1) is 12.6. The first-order valence-corrected chi connectivity index (χ1v) is 7.92. The van der Waals surface area contributed by atoms with E-state index in [9.17, 15) is 9.59 Å². The van der Waals surface area contributed by atoms with Gasteiger partial charge in [0.1, 0.15) is 5.75 Å². The SMILES string of the molecule is COc1ccc(NC(C)=O)cc1NC(=O)c1ccc(-n2ccnc2)cc1. The molecular weight excluding hydrogens is 332 g/mol. The van der Waals surface area contributed by atoms with Gasteiger partial charge in [0.2, 0.25) is 5.91 Å². The van der Waals surface area contributed by atoms with Crippen molar-refractivity contribution in [2.45, 2.75) is 6.92 Å². The molecule has 0 saturated carbocycles. The van der Waals surface area contributed by atoms with E-state index in [2.05, 4.69) is 15.6 Å². The third kappa shape index (κ3) is 3.89. The Labute approximate surface area is 150 Å². The van der Waals surface area contributed by atoms with E-state index in [4.69, 9.17) is 4.74 Å². The van der Waals surface area contributed by atoms with E-state index in [0.29, 0.717) is 22.7 Å². The van der Waals surface area contributed by atoms with E-state index >= 15 is 0 Å². The molecule has 7 heteroatoms. The topological polar surface area (TPSA) is 85.3 Å². The lowest BCUT2D eigenvalue weighted by Crippen LogP contribution is -2.13. The summed E-state index contributed by atoms with van der Waals surface area (Å²) in [6.45, 7) is 1.42. The van der Waals surface area contributed by atoms with Crippen molar-refractivity contribution in [1.82, 2.24) is 9.55 Å². The van der Waals surface area contributed by atoms with E-state index < -0.39 is 0 Å². The molecule has 0 unspecified atom stereocenters. The second kappa shape index (κ2) is 7.52. The van der Waals surface area contributed by atoms with Crippen LogP contribution >= 0.6 is 0 Å². The number of benzene rings is 2. The highest BCUT2D eigenvalue weighted by atomic mass is 16.5. The van der Waals surface area contributed by atoms with Crippen molar-refractivity contribution < 1.29 is 14.3 Å². The van der Waals surface area contributed by atoms with Crippen LogP contribution in [0.2, 0.25) is 0 Å². The lowest BCUT2D eigenvalue weighted by molar-refractivity contribution is -0.114. The van der Waals surface area contributed by atoms with E-state index in [1.54, 1.807) is 42.9 Å². The number of carbonyl (C=O) groups is 2. The molecule has 0 fully saturated rings. The highest BCUT2D eigenvalue weighted by Crippen LogP contribution is 2.28. The molecule has 3 aromatic rings. The second-order valence-electron chi connectivity index (χ2n) is 5.57. The number of carbonyl (C=O) groups excluding carboxylic acids is 2. The van der Waals surface area contributed by atoms with Crippen LogP contribution < -0.4 is 15.4 Å². The highest BCUT2D eigenvalue weighted by Gasteiger charge is 2.11. The fourth-order valence-electron chi connectivity index (χ4n) is 2.48. The molecule has 132 valence electrons. The number of ether oxygens (including phenoxy) is 1. The zero-order valence-corrected chi connectivity index (χ0v) is 14.4. The monoisotopic (exact) mass is 350 g/mol. The molecule has 0 spiro atoms. The summed E-state index contributed by atoms with van der Waals surface area (Å²) in [4.78, 5) is 27.8. The summed E-state index contributed by atoms with van der Waals surface area (Å²) >= 11 is 0. The molecule has 0 aliphatic heterocycles. The zero-order valence-electron chi connectivity index (χ0n) is 14.4. The summed E-state index contributed by atoms with van der Waals surface area (Å²) in [5, 5.41) is 5.49. The van der Waals surface area contributed by atoms with Crippen molar-refractivity contribution in [3.63, 3.8) is 0 Å². The molecule has 2 aromatic carbocycles. The Hall–Kier alpha value is -3.61. The van der Waals surface area contributed by atoms with Gasteiger partial charge in [-0.05, 0) is 42.5 Å². The van der Waals surface area contributed by atoms with E-state index in [1.165, 1.54) is 14.0 Å². The van der Waals surface area contributed by atoms with Gasteiger partial charge in [0.05, 0.1) is 19.1 Å². The molecule has 1 aromatic heterocycles. The van der Waals surface area contributed by atoms with Crippen LogP contribution in [0.25, 0.3) is 5.69 Å². The van der Waals surface area contributed by atoms with E-state index in [1.807, 2.05) is 22.9 Å². The molecule has 2 N–H and O–H groups in total. The van der Waals surface area contributed by atoms with Gasteiger partial charge < -0.3 is 19.9 Å². The molecule has 0 atom stereocenters. The lowest BCUT2D eigenvalue weighted by atomic mass is 10.1. The summed E-state index contributed by atoms with van der Waals surface area (Å²) in [5.74, 6) is 0.0328. The van der Waals surface area contributed by atoms with Gasteiger partial charge in [0, 0.05) is 36.3 Å². The van der Waals surface area contributed by atoms with Gasteiger partial charge in [-0.25, -0.2) is 4.98 Å². The smallest absolute Gasteiger partial charge is 0.255 e. The number of nitrogens with zero attached hydrogens (tertiary/aromatic N) is 2. The van der Waals surface area contributed by atoms with Gasteiger partial charge in [-0.1, -0.05) is 0 Å². The Morgan fingerprint density at radius 3 is 2.46 bits per heavy atom. The van der Waals surface area contributed by atoms with Crippen molar-refractivity contribution in [2.24, 2.45) is 0 Å². The van der Waals surface area contributed by atoms with Crippen molar-refractivity contribution in [3.8, 4) is 11.4 Å². The van der Waals surface area contributed by atoms with Crippen molar-refractivity contribution in [3.05, 3.63) is 66.7 Å². The number of rotatable bonds is 5. The Morgan fingerprint density at radius 1 is 1.08 bits per heavy atom. The number of hydrogen-bond acceptors (Lipinski definition) is 4. The lowest BCUT2D eigenvalue weighted by Gasteiger charge is -2.12. The van der Waals surface area contributed by atoms with Gasteiger partial charge in [0.25, 0.3) is 5.91 Å². The van der Waals surface area contributed by atoms with Crippen molar-refractivity contribution in [1.29, 1.82) is 0 Å². The number of nitrogens with one attached hydrogen (secondary N) is 2. The molecule has 0 aliphatic carbocycles. The molecule has 1 heterocycles. The van der Waals surface area contributed by atoms with Gasteiger partial charge in [-0.15, -0.1) is 0 Å². The van der Waals surface area contributed by atoms with Crippen LogP contribution in [-0.4, -0.2) is 28.5 Å². The predicted molar refractivity (Wildman–Crippen MR) is 98.8 cm³/mol. The molecule has 0 radical (unpaired) electrons. The molecule has 2 amide bonds. The zero-order chi connectivity index (χ0) is 18.5. The standard InChI is InChI=1S/C19H18N4O3/c1-13(24)21-15-5-8-18(26-2)17(11-15)22-19(25)14-3-6-16(7-4-14)23-10-9-20-12-23/h3-12H,1-2H3,(H,21,24)(H,22,25). The van der Waals surface area contributed by atoms with Crippen molar-refractivity contribution in [2.75, 3.05) is 17.7 Å². The molecule has 0 aliphatic rings. The summed E-state index contributed by atoms with van der Waals surface area (Å²) in [7, 11) is 1.52. The fraction of sp³-hybridized carbons (Fsp3) is 0.105. The van der Waals surface area contributed by atoms with Crippen LogP contribution in [0.4, 0.5) is 11.4 Å². The molecule has 3 rings (SSSR count). The maximum absolute atomic E-state index is 12.5. The average Bonchev–Trinajstić information content (AvgIpc) is 3.16. The van der Waals surface area contributed by atoms with E-state index in [-0.39, 0.29) is 11.8 Å². The van der Waals surface area contributed by atoms with Crippen LogP contribution in [-0.2, 0) is 4.79 Å². The van der Waals surface area contributed by atoms with Gasteiger partial charge in [-0.2, -0.15) is 0 Å². The van der Waals surface area contributed by atoms with Crippen LogP contribution in [0.5, 0.6) is 5.75 Å². The van der Waals surface area contributed by atoms with Crippen LogP contribution in [0, 0.1) is 0 Å². The van der Waals surface area contributed by atoms with Gasteiger partial charge >= 0.3 is 0 Å². The Morgan fingerprint density at radius 2 is 1.85 bits per heavy atom. The number of amides is 2. The minimum absolute atomic E-state index is 0.192. The van der Waals surface area contributed by atoms with E-state index in [0.717, 1.165) is 5.69 Å². The number of imidazole rings is 1. The third-order valence-corrected chi connectivity index (χ3v) is 3.70.